The number of benzene rings is 1. The summed E-state index contributed by atoms with van der Waals surface area (Å²) in [7, 11) is 0. The monoisotopic (exact) mass is 341 g/mol. The molecule has 0 aliphatic carbocycles. The highest BCUT2D eigenvalue weighted by atomic mass is 35.5. The highest BCUT2D eigenvalue weighted by Crippen LogP contribution is 2.14. The Morgan fingerprint density at radius 1 is 1.04 bits per heavy atom. The molecule has 1 heterocycles. The number of nitrogens with two attached hydrogens (primary N) is 1. The summed E-state index contributed by atoms with van der Waals surface area (Å²) in [6.45, 7) is 5.85. The van der Waals surface area contributed by atoms with E-state index in [0.29, 0.717) is 31.7 Å². The number of nitrogens with zero attached hydrogens (tertiary/aromatic N) is 2. The number of carbonyl (C=O) groups excluding carboxylic acids is 2. The van der Waals surface area contributed by atoms with Crippen molar-refractivity contribution in [2.45, 2.75) is 19.9 Å². The second kappa shape index (κ2) is 8.17. The number of phenols is 1. The van der Waals surface area contributed by atoms with Crippen LogP contribution in [0.1, 0.15) is 24.2 Å². The lowest BCUT2D eigenvalue weighted by Crippen LogP contribution is -2.55. The normalized spacial score (nSPS) is 16.0. The highest BCUT2D eigenvalue weighted by molar-refractivity contribution is 5.94. The quantitative estimate of drug-likeness (QED) is 0.861. The minimum absolute atomic E-state index is 0. The molecule has 1 aromatic carbocycles. The molecular formula is C16H24ClN3O3. The third kappa shape index (κ3) is 4.59. The van der Waals surface area contributed by atoms with Crippen LogP contribution in [0.4, 0.5) is 0 Å². The standard InChI is InChI=1S/C16H23N3O3.ClH/c1-11(2)14(17)16(22)19-9-7-18(8-10-19)15(21)12-3-5-13(20)6-4-12;/h3-6,11,14,20H,7-10,17H2,1-2H3;1H/t14-;/m0./s1. The number of aromatic hydroxyl groups is 1. The Labute approximate surface area is 142 Å². The molecule has 0 saturated carbocycles. The first-order valence-electron chi connectivity index (χ1n) is 7.53. The lowest BCUT2D eigenvalue weighted by molar-refractivity contribution is -0.135. The van der Waals surface area contributed by atoms with Crippen LogP contribution in [-0.2, 0) is 4.79 Å². The van der Waals surface area contributed by atoms with Crippen molar-refractivity contribution in [1.29, 1.82) is 0 Å². The summed E-state index contributed by atoms with van der Waals surface area (Å²) in [5.41, 5.74) is 6.43. The number of amides is 2. The molecule has 1 aliphatic heterocycles. The number of carbonyl (C=O) groups is 2. The van der Waals surface area contributed by atoms with Gasteiger partial charge in [-0.15, -0.1) is 12.4 Å². The van der Waals surface area contributed by atoms with Crippen LogP contribution >= 0.6 is 12.4 Å². The fourth-order valence-corrected chi connectivity index (χ4v) is 2.41. The third-order valence-corrected chi connectivity index (χ3v) is 4.00. The Hall–Kier alpha value is -1.79. The van der Waals surface area contributed by atoms with Crippen molar-refractivity contribution in [3.63, 3.8) is 0 Å². The van der Waals surface area contributed by atoms with Crippen LogP contribution in [-0.4, -0.2) is 58.9 Å². The number of halogens is 1. The minimum atomic E-state index is -0.487. The molecule has 0 aromatic heterocycles. The van der Waals surface area contributed by atoms with Crippen LogP contribution in [0.3, 0.4) is 0 Å². The Balaban J connectivity index is 0.00000264. The van der Waals surface area contributed by atoms with Gasteiger partial charge in [0.2, 0.25) is 5.91 Å². The zero-order chi connectivity index (χ0) is 16.3. The van der Waals surface area contributed by atoms with Crippen molar-refractivity contribution in [3.8, 4) is 5.75 Å². The third-order valence-electron chi connectivity index (χ3n) is 4.00. The van der Waals surface area contributed by atoms with E-state index in [1.54, 1.807) is 21.9 Å². The summed E-state index contributed by atoms with van der Waals surface area (Å²) in [4.78, 5) is 28.0. The Kier molecular flexibility index (Phi) is 6.84. The molecule has 2 rings (SSSR count). The van der Waals surface area contributed by atoms with E-state index in [1.807, 2.05) is 13.8 Å². The van der Waals surface area contributed by atoms with Gasteiger partial charge in [-0.05, 0) is 30.2 Å². The molecule has 1 aromatic rings. The maximum Gasteiger partial charge on any atom is 0.253 e. The van der Waals surface area contributed by atoms with Crippen molar-refractivity contribution >= 4 is 24.2 Å². The van der Waals surface area contributed by atoms with Gasteiger partial charge in [0.25, 0.3) is 5.91 Å². The van der Waals surface area contributed by atoms with E-state index in [9.17, 15) is 14.7 Å². The van der Waals surface area contributed by atoms with Crippen LogP contribution in [0.15, 0.2) is 24.3 Å². The van der Waals surface area contributed by atoms with Crippen LogP contribution in [0, 0.1) is 5.92 Å². The summed E-state index contributed by atoms with van der Waals surface area (Å²) in [5.74, 6) is 0.103. The molecule has 0 bridgehead atoms. The Morgan fingerprint density at radius 2 is 1.52 bits per heavy atom. The molecule has 0 spiro atoms. The minimum Gasteiger partial charge on any atom is -0.508 e. The maximum absolute atomic E-state index is 12.3. The summed E-state index contributed by atoms with van der Waals surface area (Å²) >= 11 is 0. The molecule has 1 fully saturated rings. The Bertz CT molecular complexity index is 540. The topological polar surface area (TPSA) is 86.9 Å². The fraction of sp³-hybridized carbons (Fsp3) is 0.500. The molecule has 1 atom stereocenters. The maximum atomic E-state index is 12.3. The van der Waals surface area contributed by atoms with Crippen molar-refractivity contribution in [1.82, 2.24) is 9.80 Å². The molecular weight excluding hydrogens is 318 g/mol. The van der Waals surface area contributed by atoms with Crippen molar-refractivity contribution < 1.29 is 14.7 Å². The van der Waals surface area contributed by atoms with Crippen LogP contribution in [0.2, 0.25) is 0 Å². The average molecular weight is 342 g/mol. The highest BCUT2D eigenvalue weighted by Gasteiger charge is 2.28. The van der Waals surface area contributed by atoms with E-state index in [0.717, 1.165) is 0 Å². The largest absolute Gasteiger partial charge is 0.508 e. The number of hydrogen-bond acceptors (Lipinski definition) is 4. The lowest BCUT2D eigenvalue weighted by atomic mass is 10.0. The Morgan fingerprint density at radius 3 is 2.00 bits per heavy atom. The van der Waals surface area contributed by atoms with E-state index in [1.165, 1.54) is 12.1 Å². The van der Waals surface area contributed by atoms with Crippen molar-refractivity contribution in [3.05, 3.63) is 29.8 Å². The van der Waals surface area contributed by atoms with Gasteiger partial charge in [-0.3, -0.25) is 9.59 Å². The van der Waals surface area contributed by atoms with Gasteiger partial charge in [0.15, 0.2) is 0 Å². The van der Waals surface area contributed by atoms with Crippen LogP contribution < -0.4 is 5.73 Å². The number of rotatable bonds is 3. The van der Waals surface area contributed by atoms with Gasteiger partial charge in [-0.1, -0.05) is 13.8 Å². The molecule has 0 unspecified atom stereocenters. The molecule has 1 aliphatic rings. The first-order valence-corrected chi connectivity index (χ1v) is 7.53. The predicted molar refractivity (Wildman–Crippen MR) is 90.7 cm³/mol. The molecule has 7 heteroatoms. The van der Waals surface area contributed by atoms with E-state index in [2.05, 4.69) is 0 Å². The van der Waals surface area contributed by atoms with Gasteiger partial charge in [0.1, 0.15) is 5.75 Å². The van der Waals surface area contributed by atoms with E-state index in [4.69, 9.17) is 5.73 Å². The van der Waals surface area contributed by atoms with E-state index in [-0.39, 0.29) is 35.9 Å². The number of phenolic OH excluding ortho intramolecular Hbond substituents is 1. The summed E-state index contributed by atoms with van der Waals surface area (Å²) in [6.07, 6.45) is 0. The first-order chi connectivity index (χ1) is 10.4. The molecule has 0 radical (unpaired) electrons. The number of piperazine rings is 1. The molecule has 1 saturated heterocycles. The van der Waals surface area contributed by atoms with Gasteiger partial charge >= 0.3 is 0 Å². The molecule has 128 valence electrons. The van der Waals surface area contributed by atoms with Crippen LogP contribution in [0.5, 0.6) is 5.75 Å². The molecule has 2 amide bonds. The second-order valence-corrected chi connectivity index (χ2v) is 5.93. The zero-order valence-electron chi connectivity index (χ0n) is 13.4. The van der Waals surface area contributed by atoms with Crippen molar-refractivity contribution in [2.75, 3.05) is 26.2 Å². The SMILES string of the molecule is CC(C)[C@H](N)C(=O)N1CCN(C(=O)c2ccc(O)cc2)CC1.Cl. The second-order valence-electron chi connectivity index (χ2n) is 5.93. The lowest BCUT2D eigenvalue weighted by Gasteiger charge is -2.36. The zero-order valence-corrected chi connectivity index (χ0v) is 14.3. The van der Waals surface area contributed by atoms with Gasteiger partial charge < -0.3 is 20.6 Å². The smallest absolute Gasteiger partial charge is 0.253 e. The van der Waals surface area contributed by atoms with Crippen LogP contribution in [0.25, 0.3) is 0 Å². The summed E-state index contributed by atoms with van der Waals surface area (Å²) < 4.78 is 0. The molecule has 23 heavy (non-hydrogen) atoms. The molecule has 6 nitrogen and oxygen atoms in total. The average Bonchev–Trinajstić information content (AvgIpc) is 2.53. The van der Waals surface area contributed by atoms with Gasteiger partial charge in [-0.25, -0.2) is 0 Å². The van der Waals surface area contributed by atoms with Crippen molar-refractivity contribution in [2.24, 2.45) is 11.7 Å². The summed E-state index contributed by atoms with van der Waals surface area (Å²) in [6, 6.07) is 5.70. The van der Waals surface area contributed by atoms with E-state index >= 15 is 0 Å². The van der Waals surface area contributed by atoms with Gasteiger partial charge in [0, 0.05) is 31.7 Å². The molecule has 3 N–H and O–H groups in total. The van der Waals surface area contributed by atoms with E-state index < -0.39 is 6.04 Å². The summed E-state index contributed by atoms with van der Waals surface area (Å²) in [5, 5.41) is 9.26. The number of hydrogen-bond donors (Lipinski definition) is 2. The predicted octanol–water partition coefficient (Wildman–Crippen LogP) is 1.08. The van der Waals surface area contributed by atoms with Gasteiger partial charge in [0.05, 0.1) is 6.04 Å². The first kappa shape index (κ1) is 19.3. The fourth-order valence-electron chi connectivity index (χ4n) is 2.41. The van der Waals surface area contributed by atoms with Gasteiger partial charge in [-0.2, -0.15) is 0 Å².